The molecule has 1 unspecified atom stereocenters. The summed E-state index contributed by atoms with van der Waals surface area (Å²) in [6.45, 7) is 1.89. The predicted octanol–water partition coefficient (Wildman–Crippen LogP) is 7.70. The number of nitrogens with zero attached hydrogens (tertiary/aromatic N) is 2. The first-order valence-electron chi connectivity index (χ1n) is 13.8. The van der Waals surface area contributed by atoms with Gasteiger partial charge in [0.15, 0.2) is 6.10 Å². The van der Waals surface area contributed by atoms with Crippen LogP contribution in [-0.2, 0) is 4.74 Å². The molecule has 0 radical (unpaired) electrons. The number of anilines is 1. The average Bonchev–Trinajstić information content (AvgIpc) is 3.30. The average molecular weight is 623 g/mol. The molecular weight excluding hydrogens is 599 g/mol. The fourth-order valence-electron chi connectivity index (χ4n) is 5.25. The van der Waals surface area contributed by atoms with Gasteiger partial charge in [-0.2, -0.15) is 0 Å². The maximum absolute atomic E-state index is 13.7. The standard InChI is InChI=1S/C35H24Cl2N2O5/c1-20-5-4-8-25-28(35(43)44-30(17-18-36)32(40)22-9-13-23(37)14-10-22)19-29(38-31(20)25)21-11-15-24(16-12-21)39-33(41)26-6-2-3-7-27(26)34(39)42/h2-16,19,30H,17-18H2,1H3. The van der Waals surface area contributed by atoms with E-state index in [2.05, 4.69) is 0 Å². The van der Waals surface area contributed by atoms with E-state index in [1.165, 1.54) is 0 Å². The summed E-state index contributed by atoms with van der Waals surface area (Å²) < 4.78 is 5.79. The van der Waals surface area contributed by atoms with Gasteiger partial charge in [0, 0.05) is 33.8 Å². The monoisotopic (exact) mass is 622 g/mol. The number of halogens is 2. The van der Waals surface area contributed by atoms with Crippen molar-refractivity contribution >= 4 is 63.4 Å². The Hall–Kier alpha value is -4.85. The molecular formula is C35H24Cl2N2O5. The van der Waals surface area contributed by atoms with Gasteiger partial charge in [-0.05, 0) is 67.1 Å². The van der Waals surface area contributed by atoms with E-state index in [9.17, 15) is 19.2 Å². The van der Waals surface area contributed by atoms with Gasteiger partial charge in [-0.1, -0.05) is 54.1 Å². The molecule has 7 nitrogen and oxygen atoms in total. The van der Waals surface area contributed by atoms with E-state index in [4.69, 9.17) is 32.9 Å². The molecule has 4 aromatic carbocycles. The minimum absolute atomic E-state index is 0.109. The number of fused-ring (bicyclic) bond motifs is 2. The molecule has 0 saturated carbocycles. The molecule has 218 valence electrons. The van der Waals surface area contributed by atoms with Crippen LogP contribution in [0.25, 0.3) is 22.2 Å². The molecule has 0 aliphatic carbocycles. The maximum atomic E-state index is 13.7. The number of para-hydroxylation sites is 1. The van der Waals surface area contributed by atoms with Crippen LogP contribution in [0.15, 0.2) is 97.1 Å². The number of ether oxygens (including phenoxy) is 1. The number of hydrogen-bond donors (Lipinski definition) is 0. The number of aromatic nitrogens is 1. The largest absolute Gasteiger partial charge is 0.450 e. The number of carbonyl (C=O) groups is 4. The Balaban J connectivity index is 1.34. The van der Waals surface area contributed by atoms with Crippen LogP contribution in [0.2, 0.25) is 5.02 Å². The number of benzene rings is 4. The number of amides is 2. The fraction of sp³-hybridized carbons (Fsp3) is 0.114. The van der Waals surface area contributed by atoms with E-state index in [1.807, 2.05) is 19.1 Å². The van der Waals surface area contributed by atoms with Crippen LogP contribution < -0.4 is 4.90 Å². The van der Waals surface area contributed by atoms with Crippen LogP contribution in [0.5, 0.6) is 0 Å². The van der Waals surface area contributed by atoms with E-state index < -0.39 is 12.1 Å². The van der Waals surface area contributed by atoms with Gasteiger partial charge >= 0.3 is 5.97 Å². The summed E-state index contributed by atoms with van der Waals surface area (Å²) in [6, 6.07) is 27.0. The van der Waals surface area contributed by atoms with Gasteiger partial charge in [0.2, 0.25) is 5.78 Å². The molecule has 0 N–H and O–H groups in total. The smallest absolute Gasteiger partial charge is 0.339 e. The van der Waals surface area contributed by atoms with Crippen LogP contribution in [0, 0.1) is 6.92 Å². The summed E-state index contributed by atoms with van der Waals surface area (Å²) in [5.41, 5.74) is 4.30. The van der Waals surface area contributed by atoms with Crippen molar-refractivity contribution in [1.29, 1.82) is 0 Å². The quantitative estimate of drug-likeness (QED) is 0.0761. The van der Waals surface area contributed by atoms with Gasteiger partial charge in [-0.15, -0.1) is 11.6 Å². The SMILES string of the molecule is Cc1cccc2c(C(=O)OC(CCCl)C(=O)c3ccc(Cl)cc3)cc(-c3ccc(N4C(=O)c5ccccc5C4=O)cc3)nc12. The molecule has 1 atom stereocenters. The fourth-order valence-corrected chi connectivity index (χ4v) is 5.57. The molecule has 1 aromatic heterocycles. The highest BCUT2D eigenvalue weighted by Crippen LogP contribution is 2.32. The van der Waals surface area contributed by atoms with Crippen LogP contribution in [0.1, 0.15) is 53.4 Å². The zero-order valence-electron chi connectivity index (χ0n) is 23.4. The van der Waals surface area contributed by atoms with Crippen molar-refractivity contribution in [2.75, 3.05) is 10.8 Å². The van der Waals surface area contributed by atoms with Crippen molar-refractivity contribution in [3.8, 4) is 11.3 Å². The molecule has 2 amide bonds. The molecule has 0 fully saturated rings. The van der Waals surface area contributed by atoms with Crippen molar-refractivity contribution in [1.82, 2.24) is 4.98 Å². The number of esters is 1. The predicted molar refractivity (Wildman–Crippen MR) is 170 cm³/mol. The normalized spacial score (nSPS) is 13.2. The number of alkyl halides is 1. The van der Waals surface area contributed by atoms with E-state index in [-0.39, 0.29) is 35.5 Å². The van der Waals surface area contributed by atoms with Crippen LogP contribution in [0.4, 0.5) is 5.69 Å². The zero-order valence-corrected chi connectivity index (χ0v) is 24.9. The Morgan fingerprint density at radius 2 is 1.52 bits per heavy atom. The highest BCUT2D eigenvalue weighted by atomic mass is 35.5. The summed E-state index contributed by atoms with van der Waals surface area (Å²) in [4.78, 5) is 58.8. The van der Waals surface area contributed by atoms with Crippen LogP contribution >= 0.6 is 23.2 Å². The molecule has 2 heterocycles. The Morgan fingerprint density at radius 3 is 2.16 bits per heavy atom. The highest BCUT2D eigenvalue weighted by Gasteiger charge is 2.36. The van der Waals surface area contributed by atoms with Crippen LogP contribution in [-0.4, -0.2) is 40.5 Å². The van der Waals surface area contributed by atoms with Crippen molar-refractivity contribution in [3.05, 3.63) is 130 Å². The number of carbonyl (C=O) groups excluding carboxylic acids is 4. The first-order valence-corrected chi connectivity index (χ1v) is 14.7. The number of hydrogen-bond acceptors (Lipinski definition) is 6. The third-order valence-electron chi connectivity index (χ3n) is 7.52. The van der Waals surface area contributed by atoms with Gasteiger partial charge in [0.25, 0.3) is 11.8 Å². The van der Waals surface area contributed by atoms with Crippen molar-refractivity contribution in [2.24, 2.45) is 0 Å². The Morgan fingerprint density at radius 1 is 0.864 bits per heavy atom. The summed E-state index contributed by atoms with van der Waals surface area (Å²) in [6.07, 6.45) is -0.972. The summed E-state index contributed by atoms with van der Waals surface area (Å²) >= 11 is 12.0. The topological polar surface area (TPSA) is 93.6 Å². The lowest BCUT2D eigenvalue weighted by atomic mass is 10.0. The molecule has 5 aromatic rings. The Labute approximate surface area is 263 Å². The first-order chi connectivity index (χ1) is 21.3. The molecule has 1 aliphatic heterocycles. The second kappa shape index (κ2) is 12.0. The number of ketones is 1. The number of Topliss-reactive ketones (excluding diaryl/α,β-unsaturated/α-hetero) is 1. The highest BCUT2D eigenvalue weighted by molar-refractivity contribution is 6.34. The van der Waals surface area contributed by atoms with Crippen molar-refractivity contribution in [3.63, 3.8) is 0 Å². The summed E-state index contributed by atoms with van der Waals surface area (Å²) in [7, 11) is 0. The molecule has 1 aliphatic rings. The Kier molecular flexibility index (Phi) is 7.99. The second-order valence-corrected chi connectivity index (χ2v) is 11.1. The van der Waals surface area contributed by atoms with E-state index in [0.717, 1.165) is 10.5 Å². The summed E-state index contributed by atoms with van der Waals surface area (Å²) in [5, 5.41) is 1.06. The maximum Gasteiger partial charge on any atom is 0.339 e. The van der Waals surface area contributed by atoms with Crippen molar-refractivity contribution < 1.29 is 23.9 Å². The van der Waals surface area contributed by atoms with Gasteiger partial charge in [-0.25, -0.2) is 14.7 Å². The van der Waals surface area contributed by atoms with Gasteiger partial charge in [0.1, 0.15) is 0 Å². The number of pyridine rings is 1. The van der Waals surface area contributed by atoms with Crippen molar-refractivity contribution in [2.45, 2.75) is 19.4 Å². The molecule has 0 spiro atoms. The first kappa shape index (κ1) is 29.2. The number of aryl methyl sites for hydroxylation is 1. The number of imide groups is 1. The molecule has 0 saturated heterocycles. The van der Waals surface area contributed by atoms with E-state index >= 15 is 0 Å². The number of rotatable bonds is 8. The van der Waals surface area contributed by atoms with Crippen LogP contribution in [0.3, 0.4) is 0 Å². The molecule has 0 bridgehead atoms. The molecule has 9 heteroatoms. The lowest BCUT2D eigenvalue weighted by Gasteiger charge is -2.18. The summed E-state index contributed by atoms with van der Waals surface area (Å²) in [5.74, 6) is -1.73. The minimum Gasteiger partial charge on any atom is -0.450 e. The zero-order chi connectivity index (χ0) is 31.0. The van der Waals surface area contributed by atoms with E-state index in [1.54, 1.807) is 84.9 Å². The second-order valence-electron chi connectivity index (χ2n) is 10.3. The third kappa shape index (κ3) is 5.36. The lowest BCUT2D eigenvalue weighted by Crippen LogP contribution is -2.29. The lowest BCUT2D eigenvalue weighted by molar-refractivity contribution is 0.0280. The van der Waals surface area contributed by atoms with Gasteiger partial charge in [0.05, 0.1) is 33.6 Å². The third-order valence-corrected chi connectivity index (χ3v) is 7.99. The minimum atomic E-state index is -1.10. The molecule has 44 heavy (non-hydrogen) atoms. The van der Waals surface area contributed by atoms with E-state index in [0.29, 0.717) is 49.6 Å². The Bertz CT molecular complexity index is 1920. The van der Waals surface area contributed by atoms with Gasteiger partial charge in [-0.3, -0.25) is 14.4 Å². The molecule has 6 rings (SSSR count). The van der Waals surface area contributed by atoms with Gasteiger partial charge < -0.3 is 4.74 Å².